The van der Waals surface area contributed by atoms with Crippen molar-refractivity contribution in [1.29, 1.82) is 0 Å². The van der Waals surface area contributed by atoms with Crippen molar-refractivity contribution >= 4 is 67.3 Å². The molecule has 2 amide bonds. The van der Waals surface area contributed by atoms with E-state index >= 15 is 0 Å². The molecule has 0 spiro atoms. The van der Waals surface area contributed by atoms with Crippen LogP contribution in [0.3, 0.4) is 0 Å². The van der Waals surface area contributed by atoms with Crippen molar-refractivity contribution in [1.82, 2.24) is 24.5 Å². The maximum atomic E-state index is 13.9. The number of carbonyl (C=O) groups is 2. The van der Waals surface area contributed by atoms with E-state index in [2.05, 4.69) is 50.5 Å². The minimum Gasteiger partial charge on any atom is -0.492 e. The van der Waals surface area contributed by atoms with Crippen LogP contribution in [0.15, 0.2) is 95.7 Å². The van der Waals surface area contributed by atoms with E-state index in [-0.39, 0.29) is 45.1 Å². The van der Waals surface area contributed by atoms with Crippen LogP contribution in [-0.4, -0.2) is 106 Å². The third kappa shape index (κ3) is 10.9. The lowest BCUT2D eigenvalue weighted by atomic mass is 9.72. The minimum atomic E-state index is -4.38. The summed E-state index contributed by atoms with van der Waals surface area (Å²) >= 11 is 12.8. The number of piperazine rings is 1. The number of rotatable bonds is 14. The number of nitrogens with one attached hydrogen (secondary N) is 2. The largest absolute Gasteiger partial charge is 0.492 e. The number of allylic oxidation sites excluding steroid dienone is 1. The molecule has 3 aliphatic rings. The van der Waals surface area contributed by atoms with Crippen molar-refractivity contribution in [3.63, 3.8) is 0 Å². The number of likely N-dealkylation sites (tertiary alicyclic amines) is 1. The number of sulfonamides is 1. The van der Waals surface area contributed by atoms with Crippen LogP contribution < -0.4 is 19.1 Å². The van der Waals surface area contributed by atoms with Gasteiger partial charge in [0.25, 0.3) is 15.9 Å². The lowest BCUT2D eigenvalue weighted by Crippen LogP contribution is -2.47. The van der Waals surface area contributed by atoms with Gasteiger partial charge in [-0.1, -0.05) is 54.8 Å². The molecule has 0 atom stereocenters. The number of methoxy groups -OCH3 is 1. The molecule has 2 N–H and O–H groups in total. The standard InChI is InChI=1S/C48H54Cl2N6O7S/c1-48(2)16-12-35(41(27-48)33-4-6-36(49)7-5-33)29-54-20-22-55(23-21-54)37-8-10-40(44(25-37)63-38-24-34-13-17-51-46(34)52-28-38)47(58)53-64(59,60)39-9-11-43(42(50)26-39)62-30-32-14-18-56(19-15-32)45(57)31-61-3/h4-11,13,17,24-26,28,32H,12,14-16,18-23,27,29-31H2,1-3H3,(H,51,52)(H,53,58). The molecule has 2 aromatic heterocycles. The number of hydrogen-bond donors (Lipinski definition) is 2. The van der Waals surface area contributed by atoms with Gasteiger partial charge in [0.2, 0.25) is 5.91 Å². The molecule has 0 unspecified atom stereocenters. The number of aromatic nitrogens is 2. The van der Waals surface area contributed by atoms with E-state index in [9.17, 15) is 18.0 Å². The van der Waals surface area contributed by atoms with Crippen molar-refractivity contribution < 1.29 is 32.2 Å². The summed E-state index contributed by atoms with van der Waals surface area (Å²) < 4.78 is 46.9. The Bertz CT molecular complexity index is 2640. The predicted molar refractivity (Wildman–Crippen MR) is 250 cm³/mol. The summed E-state index contributed by atoms with van der Waals surface area (Å²) in [6, 6.07) is 21.2. The number of amides is 2. The fourth-order valence-electron chi connectivity index (χ4n) is 8.75. The van der Waals surface area contributed by atoms with Crippen molar-refractivity contribution in [3.8, 4) is 17.2 Å². The molecule has 3 aromatic carbocycles. The fourth-order valence-corrected chi connectivity index (χ4v) is 10.2. The lowest BCUT2D eigenvalue weighted by molar-refractivity contribution is -0.136. The number of hydrogen-bond acceptors (Lipinski definition) is 10. The van der Waals surface area contributed by atoms with Gasteiger partial charge in [-0.2, -0.15) is 0 Å². The zero-order valence-electron chi connectivity index (χ0n) is 36.4. The normalized spacial score (nSPS) is 17.5. The Morgan fingerprint density at radius 1 is 0.922 bits per heavy atom. The third-order valence-electron chi connectivity index (χ3n) is 12.5. The zero-order valence-corrected chi connectivity index (χ0v) is 38.7. The van der Waals surface area contributed by atoms with Crippen LogP contribution in [0, 0.1) is 11.3 Å². The first-order chi connectivity index (χ1) is 30.7. The van der Waals surface area contributed by atoms with Gasteiger partial charge in [-0.05, 0) is 109 Å². The van der Waals surface area contributed by atoms with E-state index in [0.29, 0.717) is 36.8 Å². The molecule has 338 valence electrons. The Kier molecular flexibility index (Phi) is 13.9. The maximum absolute atomic E-state index is 13.9. The average molecular weight is 930 g/mol. The van der Waals surface area contributed by atoms with Gasteiger partial charge >= 0.3 is 0 Å². The monoisotopic (exact) mass is 928 g/mol. The summed E-state index contributed by atoms with van der Waals surface area (Å²) in [6.45, 7) is 10.4. The van der Waals surface area contributed by atoms with E-state index in [4.69, 9.17) is 37.4 Å². The van der Waals surface area contributed by atoms with E-state index in [0.717, 1.165) is 80.9 Å². The highest BCUT2D eigenvalue weighted by Gasteiger charge is 2.30. The first kappa shape index (κ1) is 45.4. The number of aromatic amines is 1. The summed E-state index contributed by atoms with van der Waals surface area (Å²) in [4.78, 5) is 40.0. The second kappa shape index (κ2) is 19.5. The SMILES string of the molecule is COCC(=O)N1CCC(COc2ccc(S(=O)(=O)NC(=O)c3ccc(N4CCN(CC5=C(c6ccc(Cl)cc6)CC(C)(C)CC5)CC4)cc3Oc3cnc4[nH]ccc4c3)cc2Cl)CC1. The van der Waals surface area contributed by atoms with E-state index < -0.39 is 15.9 Å². The van der Waals surface area contributed by atoms with Crippen LogP contribution in [0.5, 0.6) is 17.2 Å². The van der Waals surface area contributed by atoms with Crippen LogP contribution in [-0.2, 0) is 19.6 Å². The van der Waals surface area contributed by atoms with Gasteiger partial charge in [0.1, 0.15) is 29.5 Å². The molecule has 1 aliphatic carbocycles. The molecule has 0 bridgehead atoms. The van der Waals surface area contributed by atoms with Gasteiger partial charge in [0, 0.05) is 81.3 Å². The topological polar surface area (TPSA) is 146 Å². The molecule has 4 heterocycles. The Morgan fingerprint density at radius 3 is 2.42 bits per heavy atom. The Hall–Kier alpha value is -5.12. The van der Waals surface area contributed by atoms with Gasteiger partial charge in [-0.15, -0.1) is 0 Å². The van der Waals surface area contributed by atoms with Crippen LogP contribution in [0.25, 0.3) is 16.6 Å². The third-order valence-corrected chi connectivity index (χ3v) is 14.4. The number of ether oxygens (including phenoxy) is 3. The number of pyridine rings is 1. The number of fused-ring (bicyclic) bond motifs is 1. The molecular weight excluding hydrogens is 876 g/mol. The van der Waals surface area contributed by atoms with Crippen molar-refractivity contribution in [2.24, 2.45) is 11.3 Å². The van der Waals surface area contributed by atoms with Gasteiger partial charge in [0.15, 0.2) is 0 Å². The highest BCUT2D eigenvalue weighted by molar-refractivity contribution is 7.90. The molecule has 2 fully saturated rings. The first-order valence-corrected chi connectivity index (χ1v) is 23.9. The number of H-pyrrole nitrogens is 1. The number of carbonyl (C=O) groups excluding carboxylic acids is 2. The Labute approximate surface area is 384 Å². The van der Waals surface area contributed by atoms with Crippen molar-refractivity contribution in [3.05, 3.63) is 112 Å². The van der Waals surface area contributed by atoms with E-state index in [1.807, 2.05) is 24.3 Å². The molecule has 0 saturated carbocycles. The smallest absolute Gasteiger partial charge is 0.268 e. The Balaban J connectivity index is 0.951. The maximum Gasteiger partial charge on any atom is 0.268 e. The van der Waals surface area contributed by atoms with Gasteiger partial charge in [-0.3, -0.25) is 14.5 Å². The fraction of sp³-hybridized carbons (Fsp3) is 0.396. The summed E-state index contributed by atoms with van der Waals surface area (Å²) in [5.74, 6) is 0.188. The highest BCUT2D eigenvalue weighted by atomic mass is 35.5. The van der Waals surface area contributed by atoms with Crippen LogP contribution >= 0.6 is 23.2 Å². The summed E-state index contributed by atoms with van der Waals surface area (Å²) in [6.07, 6.45) is 8.09. The van der Waals surface area contributed by atoms with Crippen molar-refractivity contribution in [2.75, 3.05) is 71.0 Å². The van der Waals surface area contributed by atoms with Crippen molar-refractivity contribution in [2.45, 2.75) is 50.8 Å². The summed E-state index contributed by atoms with van der Waals surface area (Å²) in [7, 11) is -2.88. The average Bonchev–Trinajstić information content (AvgIpc) is 3.75. The summed E-state index contributed by atoms with van der Waals surface area (Å²) in [5, 5.41) is 1.64. The molecule has 0 radical (unpaired) electrons. The van der Waals surface area contributed by atoms with E-state index in [1.165, 1.54) is 42.0 Å². The molecule has 2 saturated heterocycles. The molecule has 16 heteroatoms. The van der Waals surface area contributed by atoms with Gasteiger partial charge < -0.3 is 29.0 Å². The quantitative estimate of drug-likeness (QED) is 0.111. The molecule has 8 rings (SSSR count). The molecule has 2 aliphatic heterocycles. The second-order valence-electron chi connectivity index (χ2n) is 17.7. The lowest BCUT2D eigenvalue weighted by Gasteiger charge is -2.39. The van der Waals surface area contributed by atoms with Crippen LogP contribution in [0.4, 0.5) is 5.69 Å². The number of halogens is 2. The number of piperidine rings is 1. The van der Waals surface area contributed by atoms with Gasteiger partial charge in [-0.25, -0.2) is 18.1 Å². The predicted octanol–water partition coefficient (Wildman–Crippen LogP) is 8.83. The molecule has 5 aromatic rings. The minimum absolute atomic E-state index is 0.0306. The molecule has 64 heavy (non-hydrogen) atoms. The van der Waals surface area contributed by atoms with Gasteiger partial charge in [0.05, 0.1) is 28.3 Å². The number of nitrogens with zero attached hydrogens (tertiary/aromatic N) is 4. The second-order valence-corrected chi connectivity index (χ2v) is 20.2. The summed E-state index contributed by atoms with van der Waals surface area (Å²) in [5.41, 5.74) is 5.94. The molecular formula is C48H54Cl2N6O7S. The zero-order chi connectivity index (χ0) is 45.0. The van der Waals surface area contributed by atoms with Crippen LogP contribution in [0.2, 0.25) is 10.0 Å². The molecule has 13 nitrogen and oxygen atoms in total. The number of anilines is 1. The highest BCUT2D eigenvalue weighted by Crippen LogP contribution is 2.43. The first-order valence-electron chi connectivity index (χ1n) is 21.7. The van der Waals surface area contributed by atoms with Crippen LogP contribution in [0.1, 0.15) is 61.9 Å². The number of benzene rings is 3. The van der Waals surface area contributed by atoms with E-state index in [1.54, 1.807) is 35.5 Å². The Morgan fingerprint density at radius 2 is 1.69 bits per heavy atom.